The van der Waals surface area contributed by atoms with Crippen LogP contribution in [0.25, 0.3) is 0 Å². The van der Waals surface area contributed by atoms with Crippen molar-refractivity contribution >= 4 is 5.78 Å². The largest absolute Gasteiger partial charge is 0.416 e. The van der Waals surface area contributed by atoms with Gasteiger partial charge in [-0.05, 0) is 38.2 Å². The van der Waals surface area contributed by atoms with Crippen LogP contribution in [0.2, 0.25) is 0 Å². The Kier molecular flexibility index (Phi) is 4.52. The minimum atomic E-state index is -4.49. The Labute approximate surface area is 110 Å². The van der Waals surface area contributed by atoms with Crippen molar-refractivity contribution in [2.45, 2.75) is 19.1 Å². The normalized spacial score (nSPS) is 13.4. The zero-order chi connectivity index (χ0) is 14.8. The number of nitrogens with zero attached hydrogens (tertiary/aromatic N) is 1. The zero-order valence-electron chi connectivity index (χ0n) is 11.1. The molecule has 0 fully saturated rings. The number of Topliss-reactive ketones (excluding diaryl/α,β-unsaturated/α-hetero) is 1. The van der Waals surface area contributed by atoms with E-state index >= 15 is 0 Å². The van der Waals surface area contributed by atoms with Crippen molar-refractivity contribution in [1.82, 2.24) is 4.90 Å². The number of benzene rings is 1. The van der Waals surface area contributed by atoms with Gasteiger partial charge < -0.3 is 0 Å². The van der Waals surface area contributed by atoms with Crippen molar-refractivity contribution in [2.75, 3.05) is 14.1 Å². The maximum atomic E-state index is 13.0. The van der Waals surface area contributed by atoms with Gasteiger partial charge in [0.15, 0.2) is 5.78 Å². The SMILES string of the molecule is C=C(C)C(=O)C(c1ccccc1C(F)(F)F)N(C)C. The summed E-state index contributed by atoms with van der Waals surface area (Å²) in [4.78, 5) is 13.5. The average Bonchev–Trinajstić information content (AvgIpc) is 2.27. The lowest BCUT2D eigenvalue weighted by molar-refractivity contribution is -0.139. The van der Waals surface area contributed by atoms with Gasteiger partial charge in [-0.2, -0.15) is 13.2 Å². The maximum Gasteiger partial charge on any atom is 0.416 e. The minimum Gasteiger partial charge on any atom is -0.296 e. The molecule has 0 aliphatic carbocycles. The standard InChI is InChI=1S/C14H16F3NO/c1-9(2)13(19)12(18(3)4)10-7-5-6-8-11(10)14(15,16)17/h5-8,12H,1H2,2-4H3. The van der Waals surface area contributed by atoms with Gasteiger partial charge in [-0.1, -0.05) is 24.8 Å². The molecule has 0 heterocycles. The van der Waals surface area contributed by atoms with Crippen LogP contribution in [-0.2, 0) is 11.0 Å². The third kappa shape index (κ3) is 3.44. The number of carbonyl (C=O) groups excluding carboxylic acids is 1. The highest BCUT2D eigenvalue weighted by Gasteiger charge is 2.37. The topological polar surface area (TPSA) is 20.3 Å². The molecule has 104 valence electrons. The molecule has 0 aliphatic rings. The average molecular weight is 271 g/mol. The maximum absolute atomic E-state index is 13.0. The molecule has 0 radical (unpaired) electrons. The lowest BCUT2D eigenvalue weighted by Crippen LogP contribution is -2.30. The number of rotatable bonds is 4. The van der Waals surface area contributed by atoms with E-state index in [1.165, 1.54) is 30.0 Å². The summed E-state index contributed by atoms with van der Waals surface area (Å²) in [5.41, 5.74) is -0.605. The summed E-state index contributed by atoms with van der Waals surface area (Å²) in [7, 11) is 3.14. The molecule has 0 amide bonds. The second-order valence-corrected chi connectivity index (χ2v) is 4.60. The van der Waals surface area contributed by atoms with E-state index in [1.54, 1.807) is 14.1 Å². The van der Waals surface area contributed by atoms with Crippen LogP contribution < -0.4 is 0 Å². The predicted molar refractivity (Wildman–Crippen MR) is 67.7 cm³/mol. The summed E-state index contributed by atoms with van der Waals surface area (Å²) in [6, 6.07) is 4.14. The first-order valence-electron chi connectivity index (χ1n) is 5.68. The highest BCUT2D eigenvalue weighted by Crippen LogP contribution is 2.36. The molecule has 1 aromatic rings. The molecule has 0 N–H and O–H groups in total. The van der Waals surface area contributed by atoms with Crippen LogP contribution in [0.5, 0.6) is 0 Å². The minimum absolute atomic E-state index is 0.0481. The van der Waals surface area contributed by atoms with Gasteiger partial charge in [-0.3, -0.25) is 9.69 Å². The predicted octanol–water partition coefficient (Wildman–Crippen LogP) is 3.45. The van der Waals surface area contributed by atoms with Crippen LogP contribution in [0.15, 0.2) is 36.4 Å². The summed E-state index contributed by atoms with van der Waals surface area (Å²) < 4.78 is 39.0. The summed E-state index contributed by atoms with van der Waals surface area (Å²) >= 11 is 0. The fourth-order valence-corrected chi connectivity index (χ4v) is 1.88. The van der Waals surface area contributed by atoms with Crippen LogP contribution >= 0.6 is 0 Å². The first kappa shape index (κ1) is 15.4. The summed E-state index contributed by atoms with van der Waals surface area (Å²) in [5, 5.41) is 0. The molecule has 0 spiro atoms. The van der Waals surface area contributed by atoms with Crippen LogP contribution in [0.4, 0.5) is 13.2 Å². The molecule has 0 bridgehead atoms. The smallest absolute Gasteiger partial charge is 0.296 e. The number of carbonyl (C=O) groups is 1. The quantitative estimate of drug-likeness (QED) is 0.782. The van der Waals surface area contributed by atoms with E-state index in [4.69, 9.17) is 0 Å². The molecule has 5 heteroatoms. The Hall–Kier alpha value is -1.62. The van der Waals surface area contributed by atoms with Gasteiger partial charge in [0.25, 0.3) is 0 Å². The monoisotopic (exact) mass is 271 g/mol. The van der Waals surface area contributed by atoms with Crippen molar-refractivity contribution < 1.29 is 18.0 Å². The highest BCUT2D eigenvalue weighted by atomic mass is 19.4. The van der Waals surface area contributed by atoms with E-state index in [0.717, 1.165) is 6.07 Å². The number of hydrogen-bond donors (Lipinski definition) is 0. The van der Waals surface area contributed by atoms with Crippen LogP contribution in [0.1, 0.15) is 24.1 Å². The molecule has 1 rings (SSSR count). The number of hydrogen-bond acceptors (Lipinski definition) is 2. The molecule has 19 heavy (non-hydrogen) atoms. The molecule has 1 aromatic carbocycles. The molecule has 1 atom stereocenters. The third-order valence-corrected chi connectivity index (χ3v) is 2.75. The fourth-order valence-electron chi connectivity index (χ4n) is 1.88. The van der Waals surface area contributed by atoms with E-state index in [0.29, 0.717) is 0 Å². The molecular weight excluding hydrogens is 255 g/mol. The Bertz CT molecular complexity index is 492. The Morgan fingerprint density at radius 3 is 2.21 bits per heavy atom. The third-order valence-electron chi connectivity index (χ3n) is 2.75. The van der Waals surface area contributed by atoms with E-state index in [1.807, 2.05) is 0 Å². The zero-order valence-corrected chi connectivity index (χ0v) is 11.1. The Morgan fingerprint density at radius 1 is 1.26 bits per heavy atom. The van der Waals surface area contributed by atoms with Gasteiger partial charge in [-0.15, -0.1) is 0 Å². The van der Waals surface area contributed by atoms with Gasteiger partial charge in [-0.25, -0.2) is 0 Å². The van der Waals surface area contributed by atoms with Crippen LogP contribution in [-0.4, -0.2) is 24.8 Å². The van der Waals surface area contributed by atoms with Crippen molar-refractivity contribution in [3.8, 4) is 0 Å². The number of ketones is 1. The molecule has 0 aliphatic heterocycles. The summed E-state index contributed by atoms with van der Waals surface area (Å²) in [6.45, 7) is 5.01. The first-order valence-corrected chi connectivity index (χ1v) is 5.68. The molecule has 0 saturated heterocycles. The molecule has 2 nitrogen and oxygen atoms in total. The van der Waals surface area contributed by atoms with Gasteiger partial charge in [0, 0.05) is 0 Å². The van der Waals surface area contributed by atoms with Gasteiger partial charge in [0.05, 0.1) is 11.6 Å². The lowest BCUT2D eigenvalue weighted by atomic mass is 9.93. The van der Waals surface area contributed by atoms with E-state index in [9.17, 15) is 18.0 Å². The second kappa shape index (κ2) is 5.57. The van der Waals surface area contributed by atoms with Crippen molar-refractivity contribution in [1.29, 1.82) is 0 Å². The molecule has 0 aromatic heterocycles. The van der Waals surface area contributed by atoms with Gasteiger partial charge in [0.1, 0.15) is 0 Å². The van der Waals surface area contributed by atoms with Gasteiger partial charge >= 0.3 is 6.18 Å². The Morgan fingerprint density at radius 2 is 1.79 bits per heavy atom. The summed E-state index contributed by atoms with van der Waals surface area (Å²) in [6.07, 6.45) is -4.49. The van der Waals surface area contributed by atoms with Gasteiger partial charge in [0.2, 0.25) is 0 Å². The molecule has 0 saturated carbocycles. The second-order valence-electron chi connectivity index (χ2n) is 4.60. The first-order chi connectivity index (χ1) is 8.66. The molecule has 1 unspecified atom stereocenters. The van der Waals surface area contributed by atoms with E-state index in [-0.39, 0.29) is 11.1 Å². The number of alkyl halides is 3. The fraction of sp³-hybridized carbons (Fsp3) is 0.357. The van der Waals surface area contributed by atoms with Crippen molar-refractivity contribution in [2.24, 2.45) is 0 Å². The van der Waals surface area contributed by atoms with Crippen LogP contribution in [0.3, 0.4) is 0 Å². The summed E-state index contributed by atoms with van der Waals surface area (Å²) in [5.74, 6) is -0.415. The van der Waals surface area contributed by atoms with Crippen LogP contribution in [0, 0.1) is 0 Å². The number of halogens is 3. The Balaban J connectivity index is 3.40. The van der Waals surface area contributed by atoms with Crippen molar-refractivity contribution in [3.63, 3.8) is 0 Å². The van der Waals surface area contributed by atoms with E-state index in [2.05, 4.69) is 6.58 Å². The lowest BCUT2D eigenvalue weighted by Gasteiger charge is -2.26. The number of likely N-dealkylation sites (N-methyl/N-ethyl adjacent to an activating group) is 1. The molecular formula is C14H16F3NO. The van der Waals surface area contributed by atoms with E-state index < -0.39 is 23.6 Å². The van der Waals surface area contributed by atoms with Crippen molar-refractivity contribution in [3.05, 3.63) is 47.5 Å². The highest BCUT2D eigenvalue weighted by molar-refractivity contribution is 5.99.